The Kier molecular flexibility index (Phi) is 17.9. The normalized spacial score (nSPS) is 16.8. The second-order valence-corrected chi connectivity index (χ2v) is 6.60. The molecule has 0 nitrogen and oxygen atoms in total. The quantitative estimate of drug-likeness (QED) is 0.621. The maximum Gasteiger partial charge on any atom is -0.00672 e. The van der Waals surface area contributed by atoms with E-state index in [0.717, 1.165) is 0 Å². The van der Waals surface area contributed by atoms with Crippen LogP contribution in [0.5, 0.6) is 0 Å². The average molecular weight is 344 g/mol. The molecule has 2 aliphatic rings. The van der Waals surface area contributed by atoms with Crippen LogP contribution in [0, 0.1) is 0 Å². The van der Waals surface area contributed by atoms with Gasteiger partial charge in [0.25, 0.3) is 0 Å². The van der Waals surface area contributed by atoms with E-state index in [9.17, 15) is 0 Å². The Morgan fingerprint density at radius 2 is 1.89 bits per heavy atom. The van der Waals surface area contributed by atoms with Gasteiger partial charge in [-0.3, -0.25) is 0 Å². The van der Waals surface area contributed by atoms with Gasteiger partial charge >= 0.3 is 75.2 Å². The fraction of sp³-hybridized carbons (Fsp3) is 0.429. The van der Waals surface area contributed by atoms with Crippen molar-refractivity contribution in [2.24, 2.45) is 0 Å². The van der Waals surface area contributed by atoms with Crippen molar-refractivity contribution in [1.82, 2.24) is 0 Å². The molecule has 0 atom stereocenters. The summed E-state index contributed by atoms with van der Waals surface area (Å²) in [5, 5.41) is 0. The predicted molar refractivity (Wildman–Crippen MR) is 86.8 cm³/mol. The summed E-state index contributed by atoms with van der Waals surface area (Å²) < 4.78 is 1.60. The molecule has 0 saturated carbocycles. The van der Waals surface area contributed by atoms with Gasteiger partial charge in [0, 0.05) is 0 Å². The summed E-state index contributed by atoms with van der Waals surface area (Å²) in [5.41, 5.74) is 0. The first-order valence-corrected chi connectivity index (χ1v) is 8.51. The van der Waals surface area contributed by atoms with Gasteiger partial charge < -0.3 is 0 Å². The summed E-state index contributed by atoms with van der Waals surface area (Å²) in [7, 11) is 0. The van der Waals surface area contributed by atoms with E-state index in [2.05, 4.69) is 53.0 Å². The van der Waals surface area contributed by atoms with Gasteiger partial charge in [0.15, 0.2) is 0 Å². The number of hydrogen-bond acceptors (Lipinski definition) is 1. The van der Waals surface area contributed by atoms with Crippen LogP contribution in [0.1, 0.15) is 26.2 Å². The molecule has 1 fully saturated rings. The van der Waals surface area contributed by atoms with E-state index in [-0.39, 0.29) is 24.8 Å². The molecular formula is C14H22Cl2SV. The molecule has 1 saturated heterocycles. The monoisotopic (exact) mass is 343 g/mol. The maximum atomic E-state index is 2.29. The molecule has 18 heavy (non-hydrogen) atoms. The molecule has 103 valence electrons. The summed E-state index contributed by atoms with van der Waals surface area (Å²) in [6.07, 6.45) is 17.0. The van der Waals surface area contributed by atoms with Crippen LogP contribution >= 0.6 is 36.6 Å². The van der Waals surface area contributed by atoms with E-state index in [4.69, 9.17) is 0 Å². The van der Waals surface area contributed by atoms with Crippen LogP contribution < -0.4 is 0 Å². The van der Waals surface area contributed by atoms with E-state index in [1.165, 1.54) is 30.8 Å². The van der Waals surface area contributed by atoms with Gasteiger partial charge in [-0.1, -0.05) is 0 Å². The predicted octanol–water partition coefficient (Wildman–Crippen LogP) is 5.36. The molecule has 1 aliphatic heterocycles. The zero-order valence-corrected chi connectivity index (χ0v) is 14.6. The number of thioether (sulfide) groups is 1. The summed E-state index contributed by atoms with van der Waals surface area (Å²) in [5.74, 6) is 2.83. The maximum absolute atomic E-state index is 2.29. The molecule has 0 N–H and O–H groups in total. The molecule has 1 aliphatic carbocycles. The third-order valence-corrected chi connectivity index (χ3v) is 4.90. The summed E-state index contributed by atoms with van der Waals surface area (Å²) in [4.78, 5) is 2.29. The van der Waals surface area contributed by atoms with E-state index < -0.39 is 0 Å². The van der Waals surface area contributed by atoms with E-state index >= 15 is 0 Å². The summed E-state index contributed by atoms with van der Waals surface area (Å²) >= 11 is 2.39. The molecular weight excluding hydrogens is 322 g/mol. The molecule has 0 amide bonds. The van der Waals surface area contributed by atoms with Crippen molar-refractivity contribution in [3.05, 3.63) is 45.5 Å². The standard InChI is InChI=1S/C5H5.C5H7.C4H8S.2ClH.V/c1-2-4-5-3-1;1-3-5-4-2;1-2-4-5-3-1;;;/h1-3H,4H2;1,3-5H,2H3;1-4H2;2*1H;/b;3-1?,5-4+;;;;. The fourth-order valence-electron chi connectivity index (χ4n) is 1.34. The Hall–Kier alpha value is 0.474. The Morgan fingerprint density at radius 3 is 2.33 bits per heavy atom. The second-order valence-electron chi connectivity index (χ2n) is 3.61. The smallest absolute Gasteiger partial charge is 0.00672 e. The zero-order chi connectivity index (χ0) is 11.5. The molecule has 0 aromatic rings. The van der Waals surface area contributed by atoms with E-state index in [1.54, 1.807) is 4.28 Å². The first kappa shape index (κ1) is 20.8. The molecule has 0 bridgehead atoms. The Morgan fingerprint density at radius 1 is 1.17 bits per heavy atom. The van der Waals surface area contributed by atoms with Crippen molar-refractivity contribution in [3.63, 3.8) is 0 Å². The largest absolute Gasteiger partial charge is 0.162 e. The van der Waals surface area contributed by atoms with Crippen molar-refractivity contribution < 1.29 is 16.3 Å². The third kappa shape index (κ3) is 11.6. The van der Waals surface area contributed by atoms with Crippen molar-refractivity contribution in [2.75, 3.05) is 11.5 Å². The SMILES string of the molecule is C/C=C/C=[CH]/[V][C]1=CC=CC1.C1CCSC1.Cl.Cl. The topological polar surface area (TPSA) is 0 Å². The first-order chi connectivity index (χ1) is 7.93. The van der Waals surface area contributed by atoms with Gasteiger partial charge in [-0.2, -0.15) is 11.8 Å². The van der Waals surface area contributed by atoms with E-state index in [1.807, 2.05) is 6.92 Å². The fourth-order valence-corrected chi connectivity index (χ4v) is 3.55. The van der Waals surface area contributed by atoms with Gasteiger partial charge in [0.1, 0.15) is 0 Å². The van der Waals surface area contributed by atoms with Crippen LogP contribution in [0.25, 0.3) is 0 Å². The number of allylic oxidation sites excluding steroid dienone is 7. The van der Waals surface area contributed by atoms with Crippen molar-refractivity contribution in [3.8, 4) is 0 Å². The van der Waals surface area contributed by atoms with Gasteiger partial charge in [0.05, 0.1) is 0 Å². The van der Waals surface area contributed by atoms with Crippen molar-refractivity contribution >= 4 is 36.6 Å². The minimum atomic E-state index is 0. The molecule has 4 heteroatoms. The molecule has 0 spiro atoms. The van der Waals surface area contributed by atoms with Crippen molar-refractivity contribution in [2.45, 2.75) is 26.2 Å². The van der Waals surface area contributed by atoms with Crippen LogP contribution in [0.2, 0.25) is 0 Å². The Labute approximate surface area is 135 Å². The molecule has 1 heterocycles. The molecule has 0 aromatic carbocycles. The summed E-state index contributed by atoms with van der Waals surface area (Å²) in [6.45, 7) is 2.04. The van der Waals surface area contributed by atoms with Crippen LogP contribution in [0.3, 0.4) is 0 Å². The average Bonchev–Trinajstić information content (AvgIpc) is 2.99. The molecule has 0 radical (unpaired) electrons. The van der Waals surface area contributed by atoms with Gasteiger partial charge in [-0.15, -0.1) is 24.8 Å². The molecule has 2 rings (SSSR count). The van der Waals surface area contributed by atoms with Gasteiger partial charge in [-0.05, 0) is 24.3 Å². The van der Waals surface area contributed by atoms with Crippen molar-refractivity contribution in [1.29, 1.82) is 0 Å². The van der Waals surface area contributed by atoms with E-state index in [0.29, 0.717) is 16.3 Å². The molecule has 0 unspecified atom stereocenters. The Bertz CT molecular complexity index is 285. The Balaban J connectivity index is 0. The number of rotatable bonds is 3. The van der Waals surface area contributed by atoms with Crippen LogP contribution in [0.15, 0.2) is 45.5 Å². The second kappa shape index (κ2) is 15.5. The van der Waals surface area contributed by atoms with Gasteiger partial charge in [-0.25, -0.2) is 0 Å². The van der Waals surface area contributed by atoms with Crippen LogP contribution in [-0.2, 0) is 16.3 Å². The van der Waals surface area contributed by atoms with Crippen LogP contribution in [-0.4, -0.2) is 11.5 Å². The number of halogens is 2. The number of hydrogen-bond donors (Lipinski definition) is 0. The first-order valence-electron chi connectivity index (χ1n) is 5.85. The summed E-state index contributed by atoms with van der Waals surface area (Å²) in [6, 6.07) is 0. The zero-order valence-electron chi connectivity index (χ0n) is 10.7. The third-order valence-electron chi connectivity index (χ3n) is 2.21. The minimum Gasteiger partial charge on any atom is -0.162 e. The van der Waals surface area contributed by atoms with Crippen LogP contribution in [0.4, 0.5) is 0 Å². The minimum absolute atomic E-state index is 0. The van der Waals surface area contributed by atoms with Gasteiger partial charge in [0.2, 0.25) is 0 Å². The molecule has 0 aromatic heterocycles.